The minimum absolute atomic E-state index is 0.408. The first-order valence-corrected chi connectivity index (χ1v) is 11.2. The molecule has 0 saturated carbocycles. The van der Waals surface area contributed by atoms with Crippen LogP contribution in [0.4, 0.5) is 11.5 Å². The summed E-state index contributed by atoms with van der Waals surface area (Å²) in [5.41, 5.74) is 2.82. The van der Waals surface area contributed by atoms with Crippen molar-refractivity contribution in [1.82, 2.24) is 19.6 Å². The Morgan fingerprint density at radius 1 is 1.00 bits per heavy atom. The van der Waals surface area contributed by atoms with Gasteiger partial charge in [-0.15, -0.1) is 0 Å². The zero-order valence-corrected chi connectivity index (χ0v) is 20.0. The third-order valence-corrected chi connectivity index (χ3v) is 5.75. The Morgan fingerprint density at radius 3 is 2.65 bits per heavy atom. The van der Waals surface area contributed by atoms with E-state index in [1.165, 1.54) is 0 Å². The highest BCUT2D eigenvalue weighted by molar-refractivity contribution is 9.10. The van der Waals surface area contributed by atoms with Gasteiger partial charge in [-0.25, -0.2) is 0 Å². The fraction of sp³-hybridized carbons (Fsp3) is 0.0952. The molecule has 0 bridgehead atoms. The Labute approximate surface area is 203 Å². The van der Waals surface area contributed by atoms with Crippen molar-refractivity contribution < 1.29 is 0 Å². The molecule has 0 spiro atoms. The van der Waals surface area contributed by atoms with E-state index in [9.17, 15) is 0 Å². The molecule has 6 nitrogen and oxygen atoms in total. The van der Waals surface area contributed by atoms with Crippen LogP contribution in [-0.2, 0) is 13.1 Å². The third-order valence-electron chi connectivity index (χ3n) is 4.36. The Hall–Kier alpha value is -2.39. The summed E-state index contributed by atoms with van der Waals surface area (Å²) in [6.07, 6.45) is 5.46. The fourth-order valence-corrected chi connectivity index (χ4v) is 4.01. The van der Waals surface area contributed by atoms with Gasteiger partial charge in [0.2, 0.25) is 0 Å². The van der Waals surface area contributed by atoms with Crippen molar-refractivity contribution >= 4 is 68.0 Å². The van der Waals surface area contributed by atoms with E-state index in [2.05, 4.69) is 36.8 Å². The van der Waals surface area contributed by atoms with Crippen molar-refractivity contribution in [3.63, 3.8) is 0 Å². The Kier molecular flexibility index (Phi) is 6.92. The summed E-state index contributed by atoms with van der Waals surface area (Å²) in [6, 6.07) is 15.4. The second kappa shape index (κ2) is 9.82. The normalized spacial score (nSPS) is 10.8. The monoisotopic (exact) mass is 534 g/mol. The highest BCUT2D eigenvalue weighted by Crippen LogP contribution is 2.23. The van der Waals surface area contributed by atoms with Crippen LogP contribution in [0.3, 0.4) is 0 Å². The zero-order chi connectivity index (χ0) is 21.8. The molecule has 0 fully saturated rings. The first-order chi connectivity index (χ1) is 15.0. The highest BCUT2D eigenvalue weighted by Gasteiger charge is 2.11. The van der Waals surface area contributed by atoms with E-state index >= 15 is 0 Å². The lowest BCUT2D eigenvalue weighted by atomic mass is 10.2. The number of nitrogens with zero attached hydrogens (tertiary/aromatic N) is 4. The van der Waals surface area contributed by atoms with E-state index in [-0.39, 0.29) is 0 Å². The van der Waals surface area contributed by atoms with E-state index in [0.29, 0.717) is 34.1 Å². The van der Waals surface area contributed by atoms with Crippen molar-refractivity contribution in [2.24, 2.45) is 0 Å². The van der Waals surface area contributed by atoms with Gasteiger partial charge in [-0.05, 0) is 57.5 Å². The van der Waals surface area contributed by atoms with E-state index in [1.807, 2.05) is 65.6 Å². The van der Waals surface area contributed by atoms with Crippen LogP contribution in [0.15, 0.2) is 71.6 Å². The number of anilines is 2. The number of nitrogens with one attached hydrogen (secondary N) is 2. The SMILES string of the molecule is S=C(Nc1cnn(Cc2cccc(Cl)c2)c1)Nc1nn(Cc2ccccc2Cl)cc1Br. The van der Waals surface area contributed by atoms with Crippen LogP contribution >= 0.6 is 51.3 Å². The number of rotatable bonds is 6. The van der Waals surface area contributed by atoms with Crippen LogP contribution in [0.1, 0.15) is 11.1 Å². The van der Waals surface area contributed by atoms with E-state index in [1.54, 1.807) is 10.9 Å². The van der Waals surface area contributed by atoms with Gasteiger partial charge in [0.25, 0.3) is 0 Å². The molecule has 0 aliphatic heterocycles. The maximum Gasteiger partial charge on any atom is 0.176 e. The highest BCUT2D eigenvalue weighted by atomic mass is 79.9. The lowest BCUT2D eigenvalue weighted by Gasteiger charge is -2.07. The minimum Gasteiger partial charge on any atom is -0.330 e. The lowest BCUT2D eigenvalue weighted by molar-refractivity contribution is 0.687. The number of aromatic nitrogens is 4. The number of halogens is 3. The van der Waals surface area contributed by atoms with Crippen LogP contribution in [-0.4, -0.2) is 24.7 Å². The second-order valence-corrected chi connectivity index (χ2v) is 8.86. The molecule has 0 atom stereocenters. The molecule has 0 amide bonds. The first kappa shape index (κ1) is 21.8. The largest absolute Gasteiger partial charge is 0.330 e. The van der Waals surface area contributed by atoms with Gasteiger partial charge in [-0.2, -0.15) is 10.2 Å². The molecule has 10 heteroatoms. The summed E-state index contributed by atoms with van der Waals surface area (Å²) in [7, 11) is 0. The average molecular weight is 536 g/mol. The van der Waals surface area contributed by atoms with Gasteiger partial charge in [0, 0.05) is 22.4 Å². The molecular formula is C21H17BrCl2N6S. The number of benzene rings is 2. The molecule has 0 unspecified atom stereocenters. The minimum atomic E-state index is 0.408. The standard InChI is InChI=1S/C21H17BrCl2N6S/c22-18-13-30(11-15-5-1-2-7-19(15)24)28-20(18)27-21(31)26-17-9-25-29(12-17)10-14-4-3-6-16(23)8-14/h1-9,12-13H,10-11H2,(H2,26,27,28,31). The Bertz CT molecular complexity index is 1220. The maximum absolute atomic E-state index is 6.24. The van der Waals surface area contributed by atoms with Gasteiger partial charge in [-0.1, -0.05) is 53.5 Å². The molecule has 4 aromatic rings. The summed E-state index contributed by atoms with van der Waals surface area (Å²) in [5, 5.41) is 16.9. The summed E-state index contributed by atoms with van der Waals surface area (Å²) in [6.45, 7) is 1.16. The van der Waals surface area contributed by atoms with Gasteiger partial charge in [0.05, 0.1) is 29.4 Å². The van der Waals surface area contributed by atoms with Crippen LogP contribution < -0.4 is 10.6 Å². The molecule has 2 aromatic carbocycles. The molecule has 0 saturated heterocycles. The molecule has 2 aromatic heterocycles. The summed E-state index contributed by atoms with van der Waals surface area (Å²) in [4.78, 5) is 0. The summed E-state index contributed by atoms with van der Waals surface area (Å²) >= 11 is 21.2. The molecule has 31 heavy (non-hydrogen) atoms. The van der Waals surface area contributed by atoms with Crippen molar-refractivity contribution in [3.05, 3.63) is 92.8 Å². The van der Waals surface area contributed by atoms with Gasteiger partial charge in [-0.3, -0.25) is 9.36 Å². The molecule has 2 N–H and O–H groups in total. The average Bonchev–Trinajstić information content (AvgIpc) is 3.29. The van der Waals surface area contributed by atoms with E-state index in [0.717, 1.165) is 21.3 Å². The van der Waals surface area contributed by atoms with E-state index in [4.69, 9.17) is 35.4 Å². The third kappa shape index (κ3) is 5.86. The smallest absolute Gasteiger partial charge is 0.176 e. The Morgan fingerprint density at radius 2 is 1.84 bits per heavy atom. The topological polar surface area (TPSA) is 59.7 Å². The van der Waals surface area contributed by atoms with Crippen molar-refractivity contribution in [3.8, 4) is 0 Å². The lowest BCUT2D eigenvalue weighted by Crippen LogP contribution is -2.19. The van der Waals surface area contributed by atoms with Crippen LogP contribution in [0.2, 0.25) is 10.0 Å². The molecule has 0 radical (unpaired) electrons. The zero-order valence-electron chi connectivity index (χ0n) is 16.1. The summed E-state index contributed by atoms with van der Waals surface area (Å²) in [5.74, 6) is 0.607. The van der Waals surface area contributed by atoms with Gasteiger partial charge < -0.3 is 10.6 Å². The molecule has 2 heterocycles. The molecule has 158 valence electrons. The first-order valence-electron chi connectivity index (χ1n) is 9.27. The van der Waals surface area contributed by atoms with Crippen LogP contribution in [0, 0.1) is 0 Å². The van der Waals surface area contributed by atoms with Gasteiger partial charge >= 0.3 is 0 Å². The second-order valence-electron chi connectivity index (χ2n) is 6.75. The summed E-state index contributed by atoms with van der Waals surface area (Å²) < 4.78 is 4.39. The molecule has 4 rings (SSSR count). The van der Waals surface area contributed by atoms with E-state index < -0.39 is 0 Å². The van der Waals surface area contributed by atoms with Crippen molar-refractivity contribution in [2.75, 3.05) is 10.6 Å². The predicted molar refractivity (Wildman–Crippen MR) is 133 cm³/mol. The van der Waals surface area contributed by atoms with Gasteiger partial charge in [0.15, 0.2) is 10.9 Å². The fourth-order valence-electron chi connectivity index (χ4n) is 2.97. The van der Waals surface area contributed by atoms with Crippen molar-refractivity contribution in [1.29, 1.82) is 0 Å². The molecule has 0 aliphatic carbocycles. The number of hydrogen-bond acceptors (Lipinski definition) is 3. The number of hydrogen-bond donors (Lipinski definition) is 2. The van der Waals surface area contributed by atoms with Gasteiger partial charge in [0.1, 0.15) is 0 Å². The maximum atomic E-state index is 6.24. The van der Waals surface area contributed by atoms with Crippen LogP contribution in [0.25, 0.3) is 0 Å². The Balaban J connectivity index is 1.36. The molecular weight excluding hydrogens is 519 g/mol. The van der Waals surface area contributed by atoms with Crippen LogP contribution in [0.5, 0.6) is 0 Å². The molecule has 0 aliphatic rings. The van der Waals surface area contributed by atoms with Crippen molar-refractivity contribution in [2.45, 2.75) is 13.1 Å². The predicted octanol–water partition coefficient (Wildman–Crippen LogP) is 6.05. The quantitative estimate of drug-likeness (QED) is 0.294. The number of thiocarbonyl (C=S) groups is 1.